The summed E-state index contributed by atoms with van der Waals surface area (Å²) in [5.41, 5.74) is 0.533. The number of anilines is 1. The molecule has 2 N–H and O–H groups in total. The molecule has 2 amide bonds. The first kappa shape index (κ1) is 14.9. The van der Waals surface area contributed by atoms with Crippen LogP contribution in [0.15, 0.2) is 18.2 Å². The maximum atomic E-state index is 12.1. The van der Waals surface area contributed by atoms with Gasteiger partial charge in [-0.15, -0.1) is 0 Å². The van der Waals surface area contributed by atoms with Crippen LogP contribution in [0.3, 0.4) is 0 Å². The van der Waals surface area contributed by atoms with Crippen LogP contribution in [0.1, 0.15) is 19.3 Å². The number of rotatable bonds is 5. The predicted octanol–water partition coefficient (Wildman–Crippen LogP) is 3.46. The summed E-state index contributed by atoms with van der Waals surface area (Å²) in [6.07, 6.45) is 1.76. The molecule has 1 saturated carbocycles. The predicted molar refractivity (Wildman–Crippen MR) is 77.5 cm³/mol. The number of carboxylic acids is 1. The van der Waals surface area contributed by atoms with E-state index in [9.17, 15) is 9.59 Å². The average Bonchev–Trinajstić information content (AvgIpc) is 3.18. The number of hydrogen-bond donors (Lipinski definition) is 2. The molecule has 0 unspecified atom stereocenters. The molecule has 1 fully saturated rings. The van der Waals surface area contributed by atoms with E-state index in [-0.39, 0.29) is 25.0 Å². The first-order valence-corrected chi connectivity index (χ1v) is 6.97. The number of carboxylic acid groups (broad SMARTS) is 1. The number of halogens is 2. The monoisotopic (exact) mass is 316 g/mol. The van der Waals surface area contributed by atoms with Gasteiger partial charge in [0.15, 0.2) is 0 Å². The molecule has 0 bridgehead atoms. The molecule has 1 aliphatic rings. The van der Waals surface area contributed by atoms with Gasteiger partial charge < -0.3 is 15.3 Å². The topological polar surface area (TPSA) is 69.6 Å². The molecular weight excluding hydrogens is 303 g/mol. The van der Waals surface area contributed by atoms with Crippen LogP contribution in [0.2, 0.25) is 10.0 Å². The van der Waals surface area contributed by atoms with Crippen molar-refractivity contribution in [3.8, 4) is 0 Å². The van der Waals surface area contributed by atoms with Gasteiger partial charge in [0.25, 0.3) is 0 Å². The first-order chi connectivity index (χ1) is 9.47. The quantitative estimate of drug-likeness (QED) is 0.873. The summed E-state index contributed by atoms with van der Waals surface area (Å²) in [6.45, 7) is 0.202. The molecule has 1 aromatic carbocycles. The van der Waals surface area contributed by atoms with Gasteiger partial charge >= 0.3 is 12.0 Å². The molecule has 5 nitrogen and oxygen atoms in total. The maximum absolute atomic E-state index is 12.1. The van der Waals surface area contributed by atoms with Crippen LogP contribution in [0.25, 0.3) is 0 Å². The highest BCUT2D eigenvalue weighted by Crippen LogP contribution is 2.29. The van der Waals surface area contributed by atoms with Gasteiger partial charge in [0.05, 0.1) is 16.5 Å². The zero-order valence-corrected chi connectivity index (χ0v) is 12.1. The highest BCUT2D eigenvalue weighted by atomic mass is 35.5. The second kappa shape index (κ2) is 6.33. The van der Waals surface area contributed by atoms with Crippen LogP contribution in [-0.2, 0) is 4.79 Å². The SMILES string of the molecule is O=C(O)CCN(C(=O)Nc1ccc(Cl)c(Cl)c1)C1CC1. The standard InChI is InChI=1S/C13H14Cl2N2O3/c14-10-4-1-8(7-11(10)15)16-13(20)17(9-2-3-9)6-5-12(18)19/h1,4,7,9H,2-3,5-6H2,(H,16,20)(H,18,19). The molecule has 7 heteroatoms. The van der Waals surface area contributed by atoms with Gasteiger partial charge in [0.1, 0.15) is 0 Å². The normalized spacial score (nSPS) is 13.9. The summed E-state index contributed by atoms with van der Waals surface area (Å²) in [4.78, 5) is 24.3. The van der Waals surface area contributed by atoms with Crippen LogP contribution >= 0.6 is 23.2 Å². The third kappa shape index (κ3) is 4.02. The highest BCUT2D eigenvalue weighted by molar-refractivity contribution is 6.42. The Morgan fingerprint density at radius 1 is 1.30 bits per heavy atom. The molecule has 1 aromatic rings. The van der Waals surface area contributed by atoms with Crippen LogP contribution in [0.4, 0.5) is 10.5 Å². The van der Waals surface area contributed by atoms with Crippen molar-refractivity contribution in [2.24, 2.45) is 0 Å². The van der Waals surface area contributed by atoms with Gasteiger partial charge in [-0.3, -0.25) is 4.79 Å². The van der Waals surface area contributed by atoms with Crippen molar-refractivity contribution in [2.45, 2.75) is 25.3 Å². The molecule has 0 aromatic heterocycles. The fourth-order valence-electron chi connectivity index (χ4n) is 1.82. The second-order valence-electron chi connectivity index (χ2n) is 4.63. The van der Waals surface area contributed by atoms with Crippen LogP contribution in [-0.4, -0.2) is 34.6 Å². The second-order valence-corrected chi connectivity index (χ2v) is 5.44. The molecule has 1 aliphatic carbocycles. The van der Waals surface area contributed by atoms with Crippen LogP contribution < -0.4 is 5.32 Å². The Hall–Kier alpha value is -1.46. The van der Waals surface area contributed by atoms with Crippen molar-refractivity contribution in [3.63, 3.8) is 0 Å². The van der Waals surface area contributed by atoms with Crippen molar-refractivity contribution < 1.29 is 14.7 Å². The lowest BCUT2D eigenvalue weighted by molar-refractivity contribution is -0.137. The summed E-state index contributed by atoms with van der Waals surface area (Å²) >= 11 is 11.7. The minimum atomic E-state index is -0.919. The van der Waals surface area contributed by atoms with E-state index in [0.29, 0.717) is 15.7 Å². The van der Waals surface area contributed by atoms with E-state index in [0.717, 1.165) is 12.8 Å². The molecule has 20 heavy (non-hydrogen) atoms. The molecule has 0 heterocycles. The fraction of sp³-hybridized carbons (Fsp3) is 0.385. The molecule has 0 atom stereocenters. The molecule has 0 aliphatic heterocycles. The van der Waals surface area contributed by atoms with Gasteiger partial charge in [-0.25, -0.2) is 4.79 Å². The van der Waals surface area contributed by atoms with Crippen LogP contribution in [0, 0.1) is 0 Å². The van der Waals surface area contributed by atoms with Gasteiger partial charge in [0, 0.05) is 18.3 Å². The van der Waals surface area contributed by atoms with Gasteiger partial charge in [-0.05, 0) is 31.0 Å². The lowest BCUT2D eigenvalue weighted by Crippen LogP contribution is -2.38. The zero-order chi connectivity index (χ0) is 14.7. The number of benzene rings is 1. The lowest BCUT2D eigenvalue weighted by Gasteiger charge is -2.22. The molecule has 2 rings (SSSR count). The average molecular weight is 317 g/mol. The molecular formula is C13H14Cl2N2O3. The first-order valence-electron chi connectivity index (χ1n) is 6.22. The minimum Gasteiger partial charge on any atom is -0.481 e. The van der Waals surface area contributed by atoms with E-state index in [2.05, 4.69) is 5.32 Å². The summed E-state index contributed by atoms with van der Waals surface area (Å²) in [7, 11) is 0. The summed E-state index contributed by atoms with van der Waals surface area (Å²) in [5.74, 6) is -0.919. The number of amides is 2. The number of carbonyl (C=O) groups excluding carboxylic acids is 1. The molecule has 108 valence electrons. The number of hydrogen-bond acceptors (Lipinski definition) is 2. The molecule has 0 radical (unpaired) electrons. The Balaban J connectivity index is 2.00. The molecule has 0 spiro atoms. The van der Waals surface area contributed by atoms with E-state index in [4.69, 9.17) is 28.3 Å². The number of aliphatic carboxylic acids is 1. The largest absolute Gasteiger partial charge is 0.481 e. The Morgan fingerprint density at radius 2 is 2.00 bits per heavy atom. The fourth-order valence-corrected chi connectivity index (χ4v) is 2.12. The Bertz CT molecular complexity index is 532. The van der Waals surface area contributed by atoms with E-state index in [1.54, 1.807) is 23.1 Å². The highest BCUT2D eigenvalue weighted by Gasteiger charge is 2.32. The van der Waals surface area contributed by atoms with Crippen molar-refractivity contribution >= 4 is 40.9 Å². The van der Waals surface area contributed by atoms with Crippen molar-refractivity contribution in [2.75, 3.05) is 11.9 Å². The van der Waals surface area contributed by atoms with Gasteiger partial charge in [-0.1, -0.05) is 23.2 Å². The maximum Gasteiger partial charge on any atom is 0.322 e. The third-order valence-electron chi connectivity index (χ3n) is 2.99. The van der Waals surface area contributed by atoms with Crippen LogP contribution in [0.5, 0.6) is 0 Å². The van der Waals surface area contributed by atoms with E-state index >= 15 is 0 Å². The van der Waals surface area contributed by atoms with Crippen molar-refractivity contribution in [3.05, 3.63) is 28.2 Å². The Labute approximate surface area is 126 Å². The lowest BCUT2D eigenvalue weighted by atomic mass is 10.3. The zero-order valence-electron chi connectivity index (χ0n) is 10.6. The third-order valence-corrected chi connectivity index (χ3v) is 3.72. The van der Waals surface area contributed by atoms with Crippen molar-refractivity contribution in [1.29, 1.82) is 0 Å². The molecule has 0 saturated heterocycles. The number of nitrogens with one attached hydrogen (secondary N) is 1. The van der Waals surface area contributed by atoms with E-state index < -0.39 is 5.97 Å². The summed E-state index contributed by atoms with van der Waals surface area (Å²) in [5, 5.41) is 12.2. The summed E-state index contributed by atoms with van der Waals surface area (Å²) in [6, 6.07) is 4.63. The van der Waals surface area contributed by atoms with E-state index in [1.165, 1.54) is 0 Å². The van der Waals surface area contributed by atoms with Gasteiger partial charge in [-0.2, -0.15) is 0 Å². The van der Waals surface area contributed by atoms with E-state index in [1.807, 2.05) is 0 Å². The van der Waals surface area contributed by atoms with Crippen molar-refractivity contribution in [1.82, 2.24) is 4.90 Å². The number of carbonyl (C=O) groups is 2. The minimum absolute atomic E-state index is 0.0642. The number of urea groups is 1. The smallest absolute Gasteiger partial charge is 0.322 e. The number of nitrogens with zero attached hydrogens (tertiary/aromatic N) is 1. The summed E-state index contributed by atoms with van der Waals surface area (Å²) < 4.78 is 0. The van der Waals surface area contributed by atoms with Gasteiger partial charge in [0.2, 0.25) is 0 Å². The Morgan fingerprint density at radius 3 is 2.55 bits per heavy atom. The Kier molecular flexibility index (Phi) is 4.73.